The van der Waals surface area contributed by atoms with Crippen LogP contribution in [0.15, 0.2) is 0 Å². The molecule has 1 saturated heterocycles. The molecule has 0 aromatic heterocycles. The van der Waals surface area contributed by atoms with E-state index in [-0.39, 0.29) is 33.8 Å². The highest BCUT2D eigenvalue weighted by Crippen LogP contribution is 2.70. The van der Waals surface area contributed by atoms with Gasteiger partial charge in [-0.05, 0) is 55.8 Å². The van der Waals surface area contributed by atoms with Gasteiger partial charge in [0.25, 0.3) is 0 Å². The molecule has 0 aromatic carbocycles. The lowest BCUT2D eigenvalue weighted by Crippen LogP contribution is -2.60. The van der Waals surface area contributed by atoms with Gasteiger partial charge in [-0.3, -0.25) is 9.59 Å². The predicted octanol–water partition coefficient (Wildman–Crippen LogP) is 2.90. The van der Waals surface area contributed by atoms with Gasteiger partial charge in [-0.15, -0.1) is 11.8 Å². The fourth-order valence-corrected chi connectivity index (χ4v) is 8.78. The lowest BCUT2D eigenvalue weighted by molar-refractivity contribution is -0.163. The third kappa shape index (κ3) is 2.04. The average molecular weight is 338 g/mol. The lowest BCUT2D eigenvalue weighted by Gasteiger charge is -2.61. The zero-order valence-corrected chi connectivity index (χ0v) is 14.9. The molecule has 4 saturated carbocycles. The van der Waals surface area contributed by atoms with E-state index in [2.05, 4.69) is 6.92 Å². The van der Waals surface area contributed by atoms with Gasteiger partial charge < -0.3 is 9.47 Å². The smallest absolute Gasteiger partial charge is 0.311 e. The molecule has 4 aliphatic carbocycles. The Bertz CT molecular complexity index is 503. The van der Waals surface area contributed by atoms with Crippen molar-refractivity contribution in [2.75, 3.05) is 14.2 Å². The van der Waals surface area contributed by atoms with Crippen molar-refractivity contribution in [1.29, 1.82) is 0 Å². The molecule has 128 valence electrons. The monoisotopic (exact) mass is 338 g/mol. The Morgan fingerprint density at radius 1 is 0.913 bits per heavy atom. The molecule has 0 aromatic rings. The van der Waals surface area contributed by atoms with Gasteiger partial charge in [0.1, 0.15) is 0 Å². The van der Waals surface area contributed by atoms with Crippen LogP contribution in [0.4, 0.5) is 0 Å². The van der Waals surface area contributed by atoms with Crippen molar-refractivity contribution in [3.63, 3.8) is 0 Å². The average Bonchev–Trinajstić information content (AvgIpc) is 2.84. The van der Waals surface area contributed by atoms with Gasteiger partial charge in [-0.25, -0.2) is 0 Å². The second-order valence-electron chi connectivity index (χ2n) is 8.03. The van der Waals surface area contributed by atoms with Crippen LogP contribution in [-0.4, -0.2) is 36.2 Å². The summed E-state index contributed by atoms with van der Waals surface area (Å²) in [4.78, 5) is 25.2. The fourth-order valence-electron chi connectivity index (χ4n) is 6.56. The normalized spacial score (nSPS) is 50.3. The molecule has 1 spiro atoms. The Morgan fingerprint density at radius 2 is 1.43 bits per heavy atom. The Labute approximate surface area is 142 Å². The van der Waals surface area contributed by atoms with Gasteiger partial charge in [0.15, 0.2) is 0 Å². The van der Waals surface area contributed by atoms with Crippen LogP contribution in [0.5, 0.6) is 0 Å². The number of hydrogen-bond acceptors (Lipinski definition) is 5. The van der Waals surface area contributed by atoms with Crippen molar-refractivity contribution in [3.8, 4) is 0 Å². The summed E-state index contributed by atoms with van der Waals surface area (Å²) in [5.41, 5.74) is 0. The first-order valence-corrected chi connectivity index (χ1v) is 9.72. The van der Waals surface area contributed by atoms with Gasteiger partial charge in [0.2, 0.25) is 0 Å². The molecule has 1 aliphatic heterocycles. The van der Waals surface area contributed by atoms with Gasteiger partial charge >= 0.3 is 11.9 Å². The molecule has 5 rings (SSSR count). The molecule has 4 nitrogen and oxygen atoms in total. The number of carbonyl (C=O) groups excluding carboxylic acids is 2. The second kappa shape index (κ2) is 5.40. The molecular weight excluding hydrogens is 312 g/mol. The highest BCUT2D eigenvalue weighted by Gasteiger charge is 2.69. The summed E-state index contributed by atoms with van der Waals surface area (Å²) < 4.78 is 10.1. The van der Waals surface area contributed by atoms with Crippen LogP contribution >= 0.6 is 11.8 Å². The number of thioether (sulfide) groups is 1. The maximum Gasteiger partial charge on any atom is 0.311 e. The molecule has 5 fully saturated rings. The van der Waals surface area contributed by atoms with Crippen LogP contribution in [0.2, 0.25) is 0 Å². The molecule has 0 amide bonds. The van der Waals surface area contributed by atoms with Crippen molar-refractivity contribution in [2.45, 2.75) is 49.0 Å². The van der Waals surface area contributed by atoms with E-state index in [0.29, 0.717) is 11.8 Å². The van der Waals surface area contributed by atoms with E-state index >= 15 is 0 Å². The first kappa shape index (κ1) is 15.8. The minimum atomic E-state index is -0.366. The standard InChI is InChI=1S/C18H26O4S/c1-9-14(16(19)21-2)15(17(20)22-3)18(23-9)12-5-10-4-11(7-12)8-13(18)6-10/h9-15H,4-8H2,1-3H3/t9-,10?,11?,12?,13?,14+,15-,18?/m1/s1. The third-order valence-electron chi connectivity index (χ3n) is 7.08. The number of esters is 2. The maximum atomic E-state index is 12.7. The topological polar surface area (TPSA) is 52.6 Å². The van der Waals surface area contributed by atoms with Gasteiger partial charge in [-0.1, -0.05) is 6.92 Å². The Morgan fingerprint density at radius 3 is 1.91 bits per heavy atom. The van der Waals surface area contributed by atoms with E-state index in [9.17, 15) is 9.59 Å². The minimum absolute atomic E-state index is 0.0984. The van der Waals surface area contributed by atoms with E-state index in [4.69, 9.17) is 9.47 Å². The Balaban J connectivity index is 1.77. The van der Waals surface area contributed by atoms with E-state index in [1.165, 1.54) is 46.3 Å². The molecule has 0 unspecified atom stereocenters. The quantitative estimate of drug-likeness (QED) is 0.725. The fraction of sp³-hybridized carbons (Fsp3) is 0.889. The summed E-state index contributed by atoms with van der Waals surface area (Å²) in [5.74, 6) is 1.65. The highest BCUT2D eigenvalue weighted by atomic mass is 32.2. The minimum Gasteiger partial charge on any atom is -0.469 e. The van der Waals surface area contributed by atoms with Crippen LogP contribution in [0, 0.1) is 35.5 Å². The molecule has 23 heavy (non-hydrogen) atoms. The van der Waals surface area contributed by atoms with E-state index in [0.717, 1.165) is 11.8 Å². The van der Waals surface area contributed by atoms with Crippen LogP contribution in [-0.2, 0) is 19.1 Å². The molecule has 1 heterocycles. The van der Waals surface area contributed by atoms with Crippen molar-refractivity contribution in [1.82, 2.24) is 0 Å². The van der Waals surface area contributed by atoms with Crippen LogP contribution in [0.3, 0.4) is 0 Å². The first-order valence-electron chi connectivity index (χ1n) is 8.84. The van der Waals surface area contributed by atoms with Gasteiger partial charge in [0, 0.05) is 10.00 Å². The molecule has 4 bridgehead atoms. The molecule has 5 aliphatic rings. The van der Waals surface area contributed by atoms with Crippen molar-refractivity contribution in [2.24, 2.45) is 35.5 Å². The van der Waals surface area contributed by atoms with Crippen LogP contribution < -0.4 is 0 Å². The second-order valence-corrected chi connectivity index (χ2v) is 9.72. The molecule has 0 N–H and O–H groups in total. The van der Waals surface area contributed by atoms with E-state index in [1.807, 2.05) is 11.8 Å². The summed E-state index contributed by atoms with van der Waals surface area (Å²) in [7, 11) is 2.88. The number of methoxy groups -OCH3 is 2. The number of hydrogen-bond donors (Lipinski definition) is 0. The Kier molecular flexibility index (Phi) is 3.71. The predicted molar refractivity (Wildman–Crippen MR) is 87.8 cm³/mol. The first-order chi connectivity index (χ1) is 11.0. The van der Waals surface area contributed by atoms with Crippen LogP contribution in [0.1, 0.15) is 39.0 Å². The summed E-state index contributed by atoms with van der Waals surface area (Å²) in [5, 5.41) is 0.115. The van der Waals surface area contributed by atoms with Gasteiger partial charge in [0.05, 0.1) is 26.1 Å². The van der Waals surface area contributed by atoms with Crippen molar-refractivity contribution < 1.29 is 19.1 Å². The summed E-state index contributed by atoms with van der Waals surface area (Å²) in [6, 6.07) is 0. The Hall–Kier alpha value is -0.710. The number of ether oxygens (including phenoxy) is 2. The molecular formula is C18H26O4S. The molecule has 0 radical (unpaired) electrons. The molecule has 5 heteroatoms. The maximum absolute atomic E-state index is 12.7. The van der Waals surface area contributed by atoms with E-state index in [1.54, 1.807) is 0 Å². The summed E-state index contributed by atoms with van der Waals surface area (Å²) >= 11 is 1.91. The zero-order valence-electron chi connectivity index (χ0n) is 14.1. The zero-order chi connectivity index (χ0) is 16.4. The largest absolute Gasteiger partial charge is 0.469 e. The number of rotatable bonds is 2. The number of carbonyl (C=O) groups is 2. The van der Waals surface area contributed by atoms with Gasteiger partial charge in [-0.2, -0.15) is 0 Å². The van der Waals surface area contributed by atoms with Crippen molar-refractivity contribution >= 4 is 23.7 Å². The lowest BCUT2D eigenvalue weighted by atomic mass is 9.48. The molecule has 3 atom stereocenters. The third-order valence-corrected chi connectivity index (χ3v) is 9.08. The summed E-state index contributed by atoms with van der Waals surface area (Å²) in [6.45, 7) is 2.09. The highest BCUT2D eigenvalue weighted by molar-refractivity contribution is 8.01. The summed E-state index contributed by atoms with van der Waals surface area (Å²) in [6.07, 6.45) is 6.30. The van der Waals surface area contributed by atoms with E-state index < -0.39 is 0 Å². The van der Waals surface area contributed by atoms with Crippen molar-refractivity contribution in [3.05, 3.63) is 0 Å². The van der Waals surface area contributed by atoms with Crippen LogP contribution in [0.25, 0.3) is 0 Å². The SMILES string of the molecule is COC(=O)[C@H]1[C@@H](C)SC2(C3CC4CC(C3)CC2C4)[C@H]1C(=O)OC.